The summed E-state index contributed by atoms with van der Waals surface area (Å²) in [7, 11) is 0. The molecule has 0 amide bonds. The Morgan fingerprint density at radius 3 is 2.00 bits per heavy atom. The van der Waals surface area contributed by atoms with Crippen LogP contribution in [0.3, 0.4) is 0 Å². The van der Waals surface area contributed by atoms with Crippen LogP contribution in [0.25, 0.3) is 0 Å². The molecule has 0 radical (unpaired) electrons. The molecule has 0 atom stereocenters. The highest BCUT2D eigenvalue weighted by molar-refractivity contribution is 5.68. The molecule has 0 spiro atoms. The van der Waals surface area contributed by atoms with Gasteiger partial charge in [0.1, 0.15) is 0 Å². The highest BCUT2D eigenvalue weighted by atomic mass is 16.4. The standard InChI is InChI=1S/C4H6O2.2CH4/c1-2-3-4(5)6;;/h2H,1,3H2,(H,5,6);2*1H4. The molecule has 0 aliphatic heterocycles. The molecule has 0 saturated heterocycles. The largest absolute Gasteiger partial charge is 0.481 e. The molecule has 8 heavy (non-hydrogen) atoms. The van der Waals surface area contributed by atoms with E-state index in [0.717, 1.165) is 0 Å². The maximum Gasteiger partial charge on any atom is 0.307 e. The van der Waals surface area contributed by atoms with E-state index in [1.807, 2.05) is 0 Å². The fourth-order valence-corrected chi connectivity index (χ4v) is 0.123. The van der Waals surface area contributed by atoms with Crippen LogP contribution in [0.1, 0.15) is 21.3 Å². The predicted molar refractivity (Wildman–Crippen MR) is 35.9 cm³/mol. The predicted octanol–water partition coefficient (Wildman–Crippen LogP) is 1.92. The van der Waals surface area contributed by atoms with Crippen LogP contribution < -0.4 is 0 Å². The van der Waals surface area contributed by atoms with Crippen LogP contribution in [-0.2, 0) is 4.79 Å². The smallest absolute Gasteiger partial charge is 0.307 e. The second-order valence-corrected chi connectivity index (χ2v) is 0.887. The summed E-state index contributed by atoms with van der Waals surface area (Å²) in [5, 5.41) is 7.84. The van der Waals surface area contributed by atoms with E-state index >= 15 is 0 Å². The summed E-state index contributed by atoms with van der Waals surface area (Å²) in [5.41, 5.74) is 0. The maximum atomic E-state index is 9.53. The van der Waals surface area contributed by atoms with Crippen molar-refractivity contribution < 1.29 is 9.90 Å². The van der Waals surface area contributed by atoms with Gasteiger partial charge in [0, 0.05) is 0 Å². The van der Waals surface area contributed by atoms with Gasteiger partial charge in [-0.25, -0.2) is 0 Å². The number of rotatable bonds is 2. The van der Waals surface area contributed by atoms with Crippen LogP contribution >= 0.6 is 0 Å². The van der Waals surface area contributed by atoms with Crippen LogP contribution in [0.2, 0.25) is 0 Å². The molecule has 0 heterocycles. The third kappa shape index (κ3) is 18.9. The molecule has 0 fully saturated rings. The SMILES string of the molecule is C.C.C=CCC(=O)O. The lowest BCUT2D eigenvalue weighted by Crippen LogP contribution is -1.88. The van der Waals surface area contributed by atoms with Crippen molar-refractivity contribution in [3.8, 4) is 0 Å². The molecule has 0 saturated carbocycles. The van der Waals surface area contributed by atoms with E-state index in [0.29, 0.717) is 0 Å². The van der Waals surface area contributed by atoms with E-state index in [2.05, 4.69) is 6.58 Å². The van der Waals surface area contributed by atoms with Gasteiger partial charge >= 0.3 is 5.97 Å². The van der Waals surface area contributed by atoms with Crippen molar-refractivity contribution in [3.05, 3.63) is 12.7 Å². The molecule has 0 aromatic rings. The number of carbonyl (C=O) groups is 1. The van der Waals surface area contributed by atoms with Gasteiger partial charge in [-0.3, -0.25) is 4.79 Å². The number of hydrogen-bond donors (Lipinski definition) is 1. The second kappa shape index (κ2) is 9.51. The molecular formula is C6H14O2. The fourth-order valence-electron chi connectivity index (χ4n) is 0.123. The van der Waals surface area contributed by atoms with Crippen molar-refractivity contribution in [2.45, 2.75) is 21.3 Å². The van der Waals surface area contributed by atoms with E-state index < -0.39 is 5.97 Å². The van der Waals surface area contributed by atoms with Crippen molar-refractivity contribution >= 4 is 5.97 Å². The Kier molecular flexibility index (Phi) is 18.6. The van der Waals surface area contributed by atoms with Gasteiger partial charge in [0.2, 0.25) is 0 Å². The zero-order chi connectivity index (χ0) is 4.99. The van der Waals surface area contributed by atoms with Gasteiger partial charge in [0.15, 0.2) is 0 Å². The number of carboxylic acids is 1. The Labute approximate surface area is 50.8 Å². The monoisotopic (exact) mass is 118 g/mol. The highest BCUT2D eigenvalue weighted by Gasteiger charge is 1.84. The van der Waals surface area contributed by atoms with Crippen LogP contribution in [0.5, 0.6) is 0 Å². The molecular weight excluding hydrogens is 104 g/mol. The lowest BCUT2D eigenvalue weighted by molar-refractivity contribution is -0.135. The van der Waals surface area contributed by atoms with Gasteiger partial charge in [-0.05, 0) is 0 Å². The lowest BCUT2D eigenvalue weighted by atomic mass is 10.4. The van der Waals surface area contributed by atoms with Gasteiger partial charge < -0.3 is 5.11 Å². The summed E-state index contributed by atoms with van der Waals surface area (Å²) in [6.07, 6.45) is 1.41. The lowest BCUT2D eigenvalue weighted by Gasteiger charge is -1.75. The first-order valence-electron chi connectivity index (χ1n) is 1.60. The second-order valence-electron chi connectivity index (χ2n) is 0.887. The molecule has 0 aromatic carbocycles. The summed E-state index contributed by atoms with van der Waals surface area (Å²) >= 11 is 0. The molecule has 0 rings (SSSR count). The van der Waals surface area contributed by atoms with Crippen molar-refractivity contribution in [3.63, 3.8) is 0 Å². The van der Waals surface area contributed by atoms with Crippen molar-refractivity contribution in [2.24, 2.45) is 0 Å². The van der Waals surface area contributed by atoms with Crippen LogP contribution in [0, 0.1) is 0 Å². The average Bonchev–Trinajstić information content (AvgIpc) is 1.35. The van der Waals surface area contributed by atoms with E-state index in [9.17, 15) is 4.79 Å². The quantitative estimate of drug-likeness (QED) is 0.562. The van der Waals surface area contributed by atoms with E-state index in [1.54, 1.807) is 0 Å². The zero-order valence-corrected chi connectivity index (χ0v) is 3.35. The molecule has 0 aromatic heterocycles. The Bertz CT molecular complexity index is 66.9. The first kappa shape index (κ1) is 15.7. The highest BCUT2D eigenvalue weighted by Crippen LogP contribution is 1.74. The van der Waals surface area contributed by atoms with Gasteiger partial charge in [0.05, 0.1) is 6.42 Å². The van der Waals surface area contributed by atoms with E-state index in [4.69, 9.17) is 5.11 Å². The molecule has 50 valence electrons. The Morgan fingerprint density at radius 1 is 1.62 bits per heavy atom. The minimum Gasteiger partial charge on any atom is -0.481 e. The molecule has 2 nitrogen and oxygen atoms in total. The summed E-state index contributed by atoms with van der Waals surface area (Å²) < 4.78 is 0. The number of aliphatic carboxylic acids is 1. The summed E-state index contributed by atoms with van der Waals surface area (Å²) in [6.45, 7) is 3.22. The van der Waals surface area contributed by atoms with Crippen LogP contribution in [0.4, 0.5) is 0 Å². The summed E-state index contributed by atoms with van der Waals surface area (Å²) in [6, 6.07) is 0. The zero-order valence-electron chi connectivity index (χ0n) is 3.35. The first-order chi connectivity index (χ1) is 2.77. The summed E-state index contributed by atoms with van der Waals surface area (Å²) in [5.74, 6) is -0.829. The van der Waals surface area contributed by atoms with E-state index in [1.165, 1.54) is 6.08 Å². The van der Waals surface area contributed by atoms with Crippen LogP contribution in [0.15, 0.2) is 12.7 Å². The van der Waals surface area contributed by atoms with Gasteiger partial charge in [0.25, 0.3) is 0 Å². The Balaban J connectivity index is -0.000000125. The minimum absolute atomic E-state index is 0. The molecule has 1 N–H and O–H groups in total. The normalized spacial score (nSPS) is 5.50. The fraction of sp³-hybridized carbons (Fsp3) is 0.500. The van der Waals surface area contributed by atoms with Crippen molar-refractivity contribution in [1.82, 2.24) is 0 Å². The number of hydrogen-bond acceptors (Lipinski definition) is 1. The third-order valence-corrected chi connectivity index (χ3v) is 0.319. The molecule has 0 unspecified atom stereocenters. The van der Waals surface area contributed by atoms with E-state index in [-0.39, 0.29) is 21.3 Å². The minimum atomic E-state index is -0.829. The summed E-state index contributed by atoms with van der Waals surface area (Å²) in [4.78, 5) is 9.53. The average molecular weight is 118 g/mol. The van der Waals surface area contributed by atoms with Crippen molar-refractivity contribution in [2.75, 3.05) is 0 Å². The molecule has 0 bridgehead atoms. The number of carboxylic acid groups (broad SMARTS) is 1. The molecule has 0 aliphatic rings. The van der Waals surface area contributed by atoms with Gasteiger partial charge in [-0.1, -0.05) is 20.9 Å². The van der Waals surface area contributed by atoms with Gasteiger partial charge in [-0.15, -0.1) is 6.58 Å². The first-order valence-corrected chi connectivity index (χ1v) is 1.60. The maximum absolute atomic E-state index is 9.53. The molecule has 2 heteroatoms. The van der Waals surface area contributed by atoms with Gasteiger partial charge in [-0.2, -0.15) is 0 Å². The Morgan fingerprint density at radius 2 is 2.00 bits per heavy atom. The molecule has 0 aliphatic carbocycles. The van der Waals surface area contributed by atoms with Crippen molar-refractivity contribution in [1.29, 1.82) is 0 Å². The third-order valence-electron chi connectivity index (χ3n) is 0.319. The topological polar surface area (TPSA) is 37.3 Å². The Hall–Kier alpha value is -0.790. The van der Waals surface area contributed by atoms with Crippen LogP contribution in [-0.4, -0.2) is 11.1 Å².